The van der Waals surface area contributed by atoms with E-state index < -0.39 is 13.9 Å². The third kappa shape index (κ3) is 7.46. The molecule has 0 aromatic rings. The van der Waals surface area contributed by atoms with Crippen LogP contribution in [0.3, 0.4) is 0 Å². The summed E-state index contributed by atoms with van der Waals surface area (Å²) in [6, 6.07) is 0. The molecule has 4 nitrogen and oxygen atoms in total. The second-order valence-corrected chi connectivity index (χ2v) is 13.3. The van der Waals surface area contributed by atoms with Crippen LogP contribution in [-0.4, -0.2) is 39.0 Å². The third-order valence-corrected chi connectivity index (χ3v) is 9.59. The standard InChI is InChI=1S/C20H39NO3Si/c1-11-12-13-14-15-17(2)16-20(6,18(22)21(7)23-8)24-25(9,10)19(3,4)5/h11-14,17H,15-16H2,1-10H3. The second kappa shape index (κ2) is 9.69. The van der Waals surface area contributed by atoms with E-state index in [2.05, 4.69) is 46.9 Å². The quantitative estimate of drug-likeness (QED) is 0.313. The number of carbonyl (C=O) groups is 1. The maximum Gasteiger partial charge on any atom is 0.276 e. The highest BCUT2D eigenvalue weighted by molar-refractivity contribution is 6.74. The molecule has 0 aliphatic rings. The molecule has 0 spiro atoms. The monoisotopic (exact) mass is 369 g/mol. The average Bonchev–Trinajstić information content (AvgIpc) is 2.48. The summed E-state index contributed by atoms with van der Waals surface area (Å²) in [5.74, 6) is 0.203. The molecule has 0 fully saturated rings. The van der Waals surface area contributed by atoms with Crippen LogP contribution in [0.2, 0.25) is 18.1 Å². The van der Waals surface area contributed by atoms with Crippen molar-refractivity contribution in [2.75, 3.05) is 14.2 Å². The lowest BCUT2D eigenvalue weighted by molar-refractivity contribution is -0.186. The van der Waals surface area contributed by atoms with Crippen LogP contribution in [0, 0.1) is 5.92 Å². The summed E-state index contributed by atoms with van der Waals surface area (Å²) in [5, 5.41) is 1.32. The Morgan fingerprint density at radius 1 is 1.20 bits per heavy atom. The van der Waals surface area contributed by atoms with Crippen LogP contribution in [0.1, 0.15) is 54.4 Å². The molecule has 0 aromatic heterocycles. The molecule has 0 radical (unpaired) electrons. The molecule has 146 valence electrons. The second-order valence-electron chi connectivity index (χ2n) is 8.58. The zero-order valence-corrected chi connectivity index (χ0v) is 19.0. The summed E-state index contributed by atoms with van der Waals surface area (Å²) in [4.78, 5) is 18.1. The first kappa shape index (κ1) is 24.1. The molecule has 0 aromatic carbocycles. The number of rotatable bonds is 9. The molecule has 0 aliphatic heterocycles. The predicted octanol–water partition coefficient (Wildman–Crippen LogP) is 5.34. The van der Waals surface area contributed by atoms with E-state index in [9.17, 15) is 4.79 Å². The Labute approximate surface area is 156 Å². The Hall–Kier alpha value is -0.913. The molecule has 0 aliphatic carbocycles. The number of carbonyl (C=O) groups excluding carboxylic acids is 1. The van der Waals surface area contributed by atoms with Gasteiger partial charge in [-0.3, -0.25) is 9.63 Å². The molecule has 0 heterocycles. The fourth-order valence-corrected chi connectivity index (χ4v) is 4.16. The van der Waals surface area contributed by atoms with Gasteiger partial charge in [-0.15, -0.1) is 0 Å². The van der Waals surface area contributed by atoms with Gasteiger partial charge in [0, 0.05) is 7.05 Å². The van der Waals surface area contributed by atoms with Crippen molar-refractivity contribution >= 4 is 14.2 Å². The Balaban J connectivity index is 5.44. The van der Waals surface area contributed by atoms with E-state index in [1.165, 1.54) is 12.2 Å². The van der Waals surface area contributed by atoms with Gasteiger partial charge in [-0.1, -0.05) is 52.0 Å². The van der Waals surface area contributed by atoms with Gasteiger partial charge in [0.05, 0.1) is 7.11 Å². The van der Waals surface area contributed by atoms with Crippen molar-refractivity contribution in [2.45, 2.75) is 78.1 Å². The maximum atomic E-state index is 13.0. The first-order chi connectivity index (χ1) is 11.3. The molecule has 0 bridgehead atoms. The summed E-state index contributed by atoms with van der Waals surface area (Å²) >= 11 is 0. The van der Waals surface area contributed by atoms with Crippen LogP contribution in [0.5, 0.6) is 0 Å². The zero-order chi connectivity index (χ0) is 19.9. The van der Waals surface area contributed by atoms with E-state index in [0.29, 0.717) is 12.3 Å². The van der Waals surface area contributed by atoms with Gasteiger partial charge in [0.25, 0.3) is 5.91 Å². The van der Waals surface area contributed by atoms with Crippen molar-refractivity contribution in [2.24, 2.45) is 5.92 Å². The SMILES string of the molecule is CC=CC=CCC(C)CC(C)(O[Si](C)(C)C(C)(C)C)C(=O)N(C)OC. The smallest absolute Gasteiger partial charge is 0.276 e. The topological polar surface area (TPSA) is 38.8 Å². The lowest BCUT2D eigenvalue weighted by atomic mass is 9.90. The van der Waals surface area contributed by atoms with Gasteiger partial charge in [0.2, 0.25) is 0 Å². The normalized spacial score (nSPS) is 17.0. The molecule has 25 heavy (non-hydrogen) atoms. The third-order valence-electron chi connectivity index (χ3n) is 5.01. The Morgan fingerprint density at radius 3 is 2.20 bits per heavy atom. The van der Waals surface area contributed by atoms with Crippen molar-refractivity contribution < 1.29 is 14.1 Å². The van der Waals surface area contributed by atoms with Gasteiger partial charge < -0.3 is 4.43 Å². The zero-order valence-electron chi connectivity index (χ0n) is 18.0. The molecule has 1 amide bonds. The fourth-order valence-electron chi connectivity index (χ4n) is 2.55. The summed E-state index contributed by atoms with van der Waals surface area (Å²) in [6.45, 7) is 17.0. The van der Waals surface area contributed by atoms with E-state index in [0.717, 1.165) is 6.42 Å². The van der Waals surface area contributed by atoms with Crippen LogP contribution in [-0.2, 0) is 14.1 Å². The highest BCUT2D eigenvalue weighted by atomic mass is 28.4. The summed E-state index contributed by atoms with van der Waals surface area (Å²) in [5.41, 5.74) is -0.887. The Kier molecular flexibility index (Phi) is 9.34. The first-order valence-electron chi connectivity index (χ1n) is 9.11. The van der Waals surface area contributed by atoms with Gasteiger partial charge in [0.1, 0.15) is 5.60 Å². The van der Waals surface area contributed by atoms with E-state index >= 15 is 0 Å². The van der Waals surface area contributed by atoms with Gasteiger partial charge in [-0.2, -0.15) is 0 Å². The number of likely N-dealkylation sites (N-methyl/N-ethyl adjacent to an activating group) is 1. The first-order valence-corrected chi connectivity index (χ1v) is 12.0. The van der Waals surface area contributed by atoms with E-state index in [1.54, 1.807) is 7.05 Å². The van der Waals surface area contributed by atoms with Gasteiger partial charge in [-0.25, -0.2) is 5.06 Å². The van der Waals surface area contributed by atoms with Crippen LogP contribution in [0.25, 0.3) is 0 Å². The molecule has 0 saturated carbocycles. The van der Waals surface area contributed by atoms with Crippen LogP contribution in [0.15, 0.2) is 24.3 Å². The summed E-state index contributed by atoms with van der Waals surface area (Å²) < 4.78 is 6.60. The highest BCUT2D eigenvalue weighted by Gasteiger charge is 2.47. The minimum Gasteiger partial charge on any atom is -0.403 e. The van der Waals surface area contributed by atoms with E-state index in [-0.39, 0.29) is 10.9 Å². The van der Waals surface area contributed by atoms with Crippen molar-refractivity contribution in [1.29, 1.82) is 0 Å². The number of allylic oxidation sites excluding steroid dienone is 4. The Bertz CT molecular complexity index is 480. The fraction of sp³-hybridized carbons (Fsp3) is 0.750. The highest BCUT2D eigenvalue weighted by Crippen LogP contribution is 2.41. The minimum atomic E-state index is -2.10. The maximum absolute atomic E-state index is 13.0. The summed E-state index contributed by atoms with van der Waals surface area (Å²) in [6.07, 6.45) is 9.77. The summed E-state index contributed by atoms with van der Waals surface area (Å²) in [7, 11) is 1.05. The number of hydrogen-bond donors (Lipinski definition) is 0. The van der Waals surface area contributed by atoms with Gasteiger partial charge >= 0.3 is 0 Å². The van der Waals surface area contributed by atoms with Crippen LogP contribution in [0.4, 0.5) is 0 Å². The lowest BCUT2D eigenvalue weighted by Gasteiger charge is -2.44. The van der Waals surface area contributed by atoms with E-state index in [4.69, 9.17) is 9.26 Å². The molecule has 0 saturated heterocycles. The molecule has 2 atom stereocenters. The van der Waals surface area contributed by atoms with E-state index in [1.807, 2.05) is 32.1 Å². The van der Waals surface area contributed by atoms with Crippen molar-refractivity contribution in [3.8, 4) is 0 Å². The number of amides is 1. The largest absolute Gasteiger partial charge is 0.403 e. The van der Waals surface area contributed by atoms with Crippen molar-refractivity contribution in [1.82, 2.24) is 5.06 Å². The molecular formula is C20H39NO3Si. The number of hydroxylamine groups is 2. The number of nitrogens with zero attached hydrogens (tertiary/aromatic N) is 1. The number of hydrogen-bond acceptors (Lipinski definition) is 3. The Morgan fingerprint density at radius 2 is 1.76 bits per heavy atom. The lowest BCUT2D eigenvalue weighted by Crippen LogP contribution is -2.56. The molecule has 5 heteroatoms. The molecule has 0 N–H and O–H groups in total. The molecule has 2 unspecified atom stereocenters. The van der Waals surface area contributed by atoms with Gasteiger partial charge in [0.15, 0.2) is 8.32 Å². The van der Waals surface area contributed by atoms with Crippen LogP contribution < -0.4 is 0 Å². The molecule has 0 rings (SSSR count). The van der Waals surface area contributed by atoms with Crippen molar-refractivity contribution in [3.05, 3.63) is 24.3 Å². The van der Waals surface area contributed by atoms with Crippen LogP contribution >= 0.6 is 0 Å². The average molecular weight is 370 g/mol. The minimum absolute atomic E-state index is 0.0369. The predicted molar refractivity (Wildman–Crippen MR) is 109 cm³/mol. The van der Waals surface area contributed by atoms with Crippen molar-refractivity contribution in [3.63, 3.8) is 0 Å². The molecular weight excluding hydrogens is 330 g/mol. The van der Waals surface area contributed by atoms with Gasteiger partial charge in [-0.05, 0) is 50.7 Å².